The standard InChI is InChI=1S/C20H19FN2O3S/c1-13(20-22-16-5-3-4-6-17(16)27-20)23(2)18(24)12-26-19(25)11-14-7-9-15(21)10-8-14/h3-10,13H,11-12H2,1-2H3/t13-/m1/s1. The first kappa shape index (κ1) is 19.0. The summed E-state index contributed by atoms with van der Waals surface area (Å²) in [4.78, 5) is 30.3. The lowest BCUT2D eigenvalue weighted by molar-refractivity contribution is -0.151. The van der Waals surface area contributed by atoms with Gasteiger partial charge in [-0.3, -0.25) is 9.59 Å². The van der Waals surface area contributed by atoms with Crippen LogP contribution in [0.1, 0.15) is 23.5 Å². The minimum absolute atomic E-state index is 0.00923. The first-order valence-electron chi connectivity index (χ1n) is 8.45. The molecule has 5 nitrogen and oxygen atoms in total. The average Bonchev–Trinajstić information content (AvgIpc) is 3.11. The molecule has 27 heavy (non-hydrogen) atoms. The van der Waals surface area contributed by atoms with E-state index < -0.39 is 5.97 Å². The molecule has 1 amide bonds. The summed E-state index contributed by atoms with van der Waals surface area (Å²) in [6, 6.07) is 13.1. The molecule has 7 heteroatoms. The van der Waals surface area contributed by atoms with Gasteiger partial charge in [0, 0.05) is 7.05 Å². The molecule has 0 bridgehead atoms. The van der Waals surface area contributed by atoms with Crippen molar-refractivity contribution in [1.82, 2.24) is 9.88 Å². The van der Waals surface area contributed by atoms with Crippen LogP contribution in [0, 0.1) is 5.82 Å². The molecule has 140 valence electrons. The van der Waals surface area contributed by atoms with Gasteiger partial charge in [-0.25, -0.2) is 9.37 Å². The Bertz CT molecular complexity index is 922. The number of ether oxygens (including phenoxy) is 1. The summed E-state index contributed by atoms with van der Waals surface area (Å²) in [6.45, 7) is 1.54. The fraction of sp³-hybridized carbons (Fsp3) is 0.250. The minimum atomic E-state index is -0.531. The average molecular weight is 386 g/mol. The summed E-state index contributed by atoms with van der Waals surface area (Å²) >= 11 is 1.54. The van der Waals surface area contributed by atoms with Crippen molar-refractivity contribution in [3.63, 3.8) is 0 Å². The van der Waals surface area contributed by atoms with E-state index in [9.17, 15) is 14.0 Å². The Kier molecular flexibility index (Phi) is 5.81. The van der Waals surface area contributed by atoms with E-state index in [0.717, 1.165) is 15.2 Å². The highest BCUT2D eigenvalue weighted by Crippen LogP contribution is 2.28. The lowest BCUT2D eigenvalue weighted by Gasteiger charge is -2.23. The van der Waals surface area contributed by atoms with Gasteiger partial charge in [0.2, 0.25) is 0 Å². The van der Waals surface area contributed by atoms with Crippen LogP contribution in [0.5, 0.6) is 0 Å². The van der Waals surface area contributed by atoms with Gasteiger partial charge < -0.3 is 9.64 Å². The number of amides is 1. The number of likely N-dealkylation sites (N-methyl/N-ethyl adjacent to an activating group) is 1. The molecule has 0 fully saturated rings. The number of thiazole rings is 1. The fourth-order valence-corrected chi connectivity index (χ4v) is 3.58. The Morgan fingerprint density at radius 3 is 2.59 bits per heavy atom. The monoisotopic (exact) mass is 386 g/mol. The summed E-state index contributed by atoms with van der Waals surface area (Å²) in [6.07, 6.45) is -0.00923. The maximum Gasteiger partial charge on any atom is 0.310 e. The Balaban J connectivity index is 1.54. The third kappa shape index (κ3) is 4.68. The molecule has 1 atom stereocenters. The second kappa shape index (κ2) is 8.26. The molecule has 0 aliphatic carbocycles. The van der Waals surface area contributed by atoms with Crippen LogP contribution in [0.15, 0.2) is 48.5 Å². The number of aromatic nitrogens is 1. The molecular weight excluding hydrogens is 367 g/mol. The number of halogens is 1. The van der Waals surface area contributed by atoms with Gasteiger partial charge in [-0.1, -0.05) is 24.3 Å². The van der Waals surface area contributed by atoms with Crippen molar-refractivity contribution in [1.29, 1.82) is 0 Å². The van der Waals surface area contributed by atoms with E-state index in [2.05, 4.69) is 4.98 Å². The molecule has 0 saturated carbocycles. The molecule has 0 unspecified atom stereocenters. The summed E-state index contributed by atoms with van der Waals surface area (Å²) in [5.74, 6) is -1.21. The lowest BCUT2D eigenvalue weighted by atomic mass is 10.1. The normalized spacial score (nSPS) is 12.0. The number of hydrogen-bond donors (Lipinski definition) is 0. The molecular formula is C20H19FN2O3S. The van der Waals surface area contributed by atoms with Gasteiger partial charge in [0.05, 0.1) is 22.7 Å². The summed E-state index contributed by atoms with van der Waals surface area (Å²) in [7, 11) is 1.66. The SMILES string of the molecule is C[C@H](c1nc2ccccc2s1)N(C)C(=O)COC(=O)Cc1ccc(F)cc1. The van der Waals surface area contributed by atoms with E-state index in [-0.39, 0.29) is 30.8 Å². The molecule has 3 rings (SSSR count). The molecule has 1 aromatic heterocycles. The van der Waals surface area contributed by atoms with E-state index in [1.54, 1.807) is 7.05 Å². The van der Waals surface area contributed by atoms with E-state index in [0.29, 0.717) is 5.56 Å². The van der Waals surface area contributed by atoms with Gasteiger partial charge in [0.15, 0.2) is 6.61 Å². The molecule has 0 aliphatic heterocycles. The Morgan fingerprint density at radius 2 is 1.89 bits per heavy atom. The number of rotatable bonds is 6. The summed E-state index contributed by atoms with van der Waals surface area (Å²) in [5, 5.41) is 0.824. The van der Waals surface area contributed by atoms with Crippen LogP contribution in [-0.2, 0) is 20.7 Å². The van der Waals surface area contributed by atoms with E-state index in [1.807, 2.05) is 31.2 Å². The Hall–Kier alpha value is -2.80. The van der Waals surface area contributed by atoms with Crippen molar-refractivity contribution in [2.45, 2.75) is 19.4 Å². The van der Waals surface area contributed by atoms with Crippen LogP contribution in [-0.4, -0.2) is 35.4 Å². The predicted octanol–water partition coefficient (Wildman–Crippen LogP) is 3.74. The van der Waals surface area contributed by atoms with Gasteiger partial charge in [-0.15, -0.1) is 11.3 Å². The molecule has 0 N–H and O–H groups in total. The van der Waals surface area contributed by atoms with Crippen molar-refractivity contribution in [2.75, 3.05) is 13.7 Å². The number of carbonyl (C=O) groups is 2. The van der Waals surface area contributed by atoms with E-state index in [1.165, 1.54) is 40.5 Å². The Labute approximate surface area is 160 Å². The van der Waals surface area contributed by atoms with Gasteiger partial charge in [0.25, 0.3) is 5.91 Å². The van der Waals surface area contributed by atoms with Crippen LogP contribution in [0.25, 0.3) is 10.2 Å². The van der Waals surface area contributed by atoms with Crippen LogP contribution in [0.3, 0.4) is 0 Å². The molecule has 0 radical (unpaired) electrons. The van der Waals surface area contributed by atoms with Gasteiger partial charge in [-0.05, 0) is 36.8 Å². The van der Waals surface area contributed by atoms with E-state index in [4.69, 9.17) is 4.74 Å². The van der Waals surface area contributed by atoms with Crippen molar-refractivity contribution in [2.24, 2.45) is 0 Å². The second-order valence-corrected chi connectivity index (χ2v) is 7.23. The number of fused-ring (bicyclic) bond motifs is 1. The van der Waals surface area contributed by atoms with Crippen molar-refractivity contribution in [3.05, 3.63) is 64.9 Å². The van der Waals surface area contributed by atoms with Crippen LogP contribution >= 0.6 is 11.3 Å². The van der Waals surface area contributed by atoms with Crippen molar-refractivity contribution in [3.8, 4) is 0 Å². The van der Waals surface area contributed by atoms with E-state index >= 15 is 0 Å². The first-order chi connectivity index (χ1) is 12.9. The molecule has 1 heterocycles. The number of benzene rings is 2. The number of esters is 1. The fourth-order valence-electron chi connectivity index (χ4n) is 2.51. The second-order valence-electron chi connectivity index (χ2n) is 6.16. The maximum absolute atomic E-state index is 12.9. The van der Waals surface area contributed by atoms with Crippen molar-refractivity contribution >= 4 is 33.4 Å². The van der Waals surface area contributed by atoms with Crippen molar-refractivity contribution < 1.29 is 18.7 Å². The Morgan fingerprint density at radius 1 is 1.19 bits per heavy atom. The number of hydrogen-bond acceptors (Lipinski definition) is 5. The van der Waals surface area contributed by atoms with Crippen LogP contribution in [0.4, 0.5) is 4.39 Å². The smallest absolute Gasteiger partial charge is 0.310 e. The third-order valence-corrected chi connectivity index (χ3v) is 5.47. The molecule has 3 aromatic rings. The maximum atomic E-state index is 12.9. The molecule has 0 saturated heterocycles. The van der Waals surface area contributed by atoms with Gasteiger partial charge in [-0.2, -0.15) is 0 Å². The first-order valence-corrected chi connectivity index (χ1v) is 9.27. The molecule has 0 aliphatic rings. The van der Waals surface area contributed by atoms with Crippen LogP contribution < -0.4 is 0 Å². The zero-order valence-electron chi connectivity index (χ0n) is 15.0. The highest BCUT2D eigenvalue weighted by atomic mass is 32.1. The number of carbonyl (C=O) groups excluding carboxylic acids is 2. The zero-order chi connectivity index (χ0) is 19.4. The number of nitrogens with zero attached hydrogens (tertiary/aromatic N) is 2. The minimum Gasteiger partial charge on any atom is -0.455 e. The third-order valence-electron chi connectivity index (χ3n) is 4.26. The topological polar surface area (TPSA) is 59.5 Å². The lowest BCUT2D eigenvalue weighted by Crippen LogP contribution is -2.33. The quantitative estimate of drug-likeness (QED) is 0.606. The molecule has 2 aromatic carbocycles. The summed E-state index contributed by atoms with van der Waals surface area (Å²) < 4.78 is 19.0. The number of para-hydroxylation sites is 1. The van der Waals surface area contributed by atoms with Gasteiger partial charge in [0.1, 0.15) is 10.8 Å². The predicted molar refractivity (Wildman–Crippen MR) is 102 cm³/mol. The highest BCUT2D eigenvalue weighted by molar-refractivity contribution is 7.18. The van der Waals surface area contributed by atoms with Crippen LogP contribution in [0.2, 0.25) is 0 Å². The van der Waals surface area contributed by atoms with Gasteiger partial charge >= 0.3 is 5.97 Å². The largest absolute Gasteiger partial charge is 0.455 e. The molecule has 0 spiro atoms. The summed E-state index contributed by atoms with van der Waals surface area (Å²) in [5.41, 5.74) is 1.53. The zero-order valence-corrected chi connectivity index (χ0v) is 15.8. The highest BCUT2D eigenvalue weighted by Gasteiger charge is 2.21.